The van der Waals surface area contributed by atoms with Crippen LogP contribution in [0.15, 0.2) is 24.3 Å². The molecule has 0 unspecified atom stereocenters. The van der Waals surface area contributed by atoms with Gasteiger partial charge in [0.2, 0.25) is 0 Å². The molecule has 0 N–H and O–H groups in total. The number of ether oxygens (including phenoxy) is 3. The SMILES string of the molecule is COc1ccc([C@H]2OC[C@H](C)[C@@H]([C@@H](C)C(=O)CP(=O)(OC)OC)O2)cc1. The van der Waals surface area contributed by atoms with Gasteiger partial charge in [0, 0.05) is 31.6 Å². The van der Waals surface area contributed by atoms with Crippen LogP contribution in [0.3, 0.4) is 0 Å². The van der Waals surface area contributed by atoms with Crippen LogP contribution in [0.1, 0.15) is 25.7 Å². The van der Waals surface area contributed by atoms with E-state index >= 15 is 0 Å². The van der Waals surface area contributed by atoms with Gasteiger partial charge in [0.25, 0.3) is 0 Å². The van der Waals surface area contributed by atoms with Gasteiger partial charge >= 0.3 is 7.60 Å². The van der Waals surface area contributed by atoms with Gasteiger partial charge in [0.05, 0.1) is 19.8 Å². The molecular weight excluding hydrogens is 359 g/mol. The molecular formula is C18H27O7P. The number of hydrogen-bond acceptors (Lipinski definition) is 7. The summed E-state index contributed by atoms with van der Waals surface area (Å²) in [5, 5.41) is 0. The number of carbonyl (C=O) groups is 1. The molecule has 0 aromatic heterocycles. The number of hydrogen-bond donors (Lipinski definition) is 0. The summed E-state index contributed by atoms with van der Waals surface area (Å²) in [6.07, 6.45) is -1.19. The summed E-state index contributed by atoms with van der Waals surface area (Å²) in [4.78, 5) is 12.6. The van der Waals surface area contributed by atoms with Crippen LogP contribution < -0.4 is 4.74 Å². The zero-order valence-corrected chi connectivity index (χ0v) is 16.7. The second kappa shape index (κ2) is 9.11. The Morgan fingerprint density at radius 2 is 1.85 bits per heavy atom. The maximum atomic E-state index is 12.6. The van der Waals surface area contributed by atoms with E-state index < -0.39 is 19.8 Å². The van der Waals surface area contributed by atoms with Crippen molar-refractivity contribution < 1.29 is 32.6 Å². The quantitative estimate of drug-likeness (QED) is 0.633. The molecule has 1 aliphatic rings. The Hall–Kier alpha value is -1.24. The van der Waals surface area contributed by atoms with Gasteiger partial charge in [-0.3, -0.25) is 9.36 Å². The minimum atomic E-state index is -3.39. The molecule has 1 aromatic rings. The number of rotatable bonds is 8. The van der Waals surface area contributed by atoms with Crippen molar-refractivity contribution in [1.82, 2.24) is 0 Å². The third kappa shape index (κ3) is 4.93. The molecule has 1 saturated heterocycles. The lowest BCUT2D eigenvalue weighted by molar-refractivity contribution is -0.247. The summed E-state index contributed by atoms with van der Waals surface area (Å²) in [5.41, 5.74) is 0.849. The Morgan fingerprint density at radius 3 is 2.38 bits per heavy atom. The van der Waals surface area contributed by atoms with Gasteiger partial charge in [-0.2, -0.15) is 0 Å². The van der Waals surface area contributed by atoms with Crippen molar-refractivity contribution in [1.29, 1.82) is 0 Å². The minimum Gasteiger partial charge on any atom is -0.497 e. The molecule has 0 aliphatic carbocycles. The molecule has 26 heavy (non-hydrogen) atoms. The molecule has 0 radical (unpaired) electrons. The molecule has 0 amide bonds. The van der Waals surface area contributed by atoms with Crippen molar-refractivity contribution in [2.75, 3.05) is 34.1 Å². The van der Waals surface area contributed by atoms with Crippen molar-refractivity contribution in [3.05, 3.63) is 29.8 Å². The fourth-order valence-electron chi connectivity index (χ4n) is 2.92. The average molecular weight is 386 g/mol. The van der Waals surface area contributed by atoms with Gasteiger partial charge in [-0.1, -0.05) is 26.0 Å². The van der Waals surface area contributed by atoms with Crippen LogP contribution in [0.25, 0.3) is 0 Å². The number of carbonyl (C=O) groups excluding carboxylic acids is 1. The van der Waals surface area contributed by atoms with E-state index in [2.05, 4.69) is 0 Å². The first-order valence-corrected chi connectivity index (χ1v) is 10.2. The Labute approximate surface area is 154 Å². The summed E-state index contributed by atoms with van der Waals surface area (Å²) in [7, 11) is 0.755. The highest BCUT2D eigenvalue weighted by molar-refractivity contribution is 7.54. The lowest BCUT2D eigenvalue weighted by Gasteiger charge is -2.38. The molecule has 1 aliphatic heterocycles. The summed E-state index contributed by atoms with van der Waals surface area (Å²) in [6.45, 7) is 4.20. The first-order chi connectivity index (χ1) is 12.3. The normalized spacial score (nSPS) is 24.9. The maximum Gasteiger partial charge on any atom is 0.337 e. The predicted octanol–water partition coefficient (Wildman–Crippen LogP) is 3.44. The third-order valence-electron chi connectivity index (χ3n) is 4.65. The van der Waals surface area contributed by atoms with Crippen LogP contribution in [-0.2, 0) is 27.9 Å². The van der Waals surface area contributed by atoms with Crippen molar-refractivity contribution in [2.24, 2.45) is 11.8 Å². The minimum absolute atomic E-state index is 0.0212. The molecule has 1 fully saturated rings. The molecule has 1 heterocycles. The van der Waals surface area contributed by atoms with Crippen molar-refractivity contribution in [3.8, 4) is 5.75 Å². The highest BCUT2D eigenvalue weighted by atomic mass is 31.2. The van der Waals surface area contributed by atoms with Crippen LogP contribution in [0, 0.1) is 11.8 Å². The summed E-state index contributed by atoms with van der Waals surface area (Å²) in [6, 6.07) is 7.40. The number of methoxy groups -OCH3 is 1. The van der Waals surface area contributed by atoms with Gasteiger partial charge in [-0.15, -0.1) is 0 Å². The number of benzene rings is 1. The Kier molecular flexibility index (Phi) is 7.38. The first-order valence-electron chi connectivity index (χ1n) is 8.47. The van der Waals surface area contributed by atoms with Crippen molar-refractivity contribution >= 4 is 13.4 Å². The largest absolute Gasteiger partial charge is 0.497 e. The maximum absolute atomic E-state index is 12.6. The van der Waals surface area contributed by atoms with E-state index in [1.165, 1.54) is 14.2 Å². The second-order valence-electron chi connectivity index (χ2n) is 6.41. The molecule has 0 spiro atoms. The Morgan fingerprint density at radius 1 is 1.23 bits per heavy atom. The van der Waals surface area contributed by atoms with Gasteiger partial charge in [0.1, 0.15) is 17.7 Å². The predicted molar refractivity (Wildman–Crippen MR) is 96.4 cm³/mol. The standard InChI is InChI=1S/C18H27O7P/c1-12-10-24-18(14-6-8-15(21-3)9-7-14)25-17(12)13(2)16(19)11-26(20,22-4)23-5/h6-9,12-13,17-18H,10-11H2,1-5H3/t12-,13-,17-,18-/m0/s1. The van der Waals surface area contributed by atoms with Crippen LogP contribution in [0.5, 0.6) is 5.75 Å². The molecule has 0 bridgehead atoms. The van der Waals surface area contributed by atoms with Gasteiger partial charge < -0.3 is 23.3 Å². The van der Waals surface area contributed by atoms with E-state index in [-0.39, 0.29) is 24.0 Å². The molecule has 4 atom stereocenters. The van der Waals surface area contributed by atoms with E-state index in [4.69, 9.17) is 23.3 Å². The van der Waals surface area contributed by atoms with Crippen molar-refractivity contribution in [2.45, 2.75) is 26.2 Å². The lowest BCUT2D eigenvalue weighted by atomic mass is 9.90. The highest BCUT2D eigenvalue weighted by Gasteiger charge is 2.39. The Balaban J connectivity index is 2.08. The first kappa shape index (κ1) is 21.1. The van der Waals surface area contributed by atoms with Crippen LogP contribution >= 0.6 is 7.60 Å². The van der Waals surface area contributed by atoms with Crippen molar-refractivity contribution in [3.63, 3.8) is 0 Å². The topological polar surface area (TPSA) is 80.3 Å². The van der Waals surface area contributed by atoms with E-state index in [0.717, 1.165) is 11.3 Å². The van der Waals surface area contributed by atoms with Gasteiger partial charge in [-0.05, 0) is 12.1 Å². The second-order valence-corrected chi connectivity index (χ2v) is 8.67. The summed E-state index contributed by atoms with van der Waals surface area (Å²) < 4.78 is 39.0. The lowest BCUT2D eigenvalue weighted by Crippen LogP contribution is -2.42. The Bertz CT molecular complexity index is 637. The van der Waals surface area contributed by atoms with E-state index in [9.17, 15) is 9.36 Å². The van der Waals surface area contributed by atoms with E-state index in [0.29, 0.717) is 6.61 Å². The van der Waals surface area contributed by atoms with E-state index in [1.807, 2.05) is 31.2 Å². The fourth-order valence-corrected chi connectivity index (χ4v) is 4.00. The fraction of sp³-hybridized carbons (Fsp3) is 0.611. The van der Waals surface area contributed by atoms with E-state index in [1.54, 1.807) is 14.0 Å². The van der Waals surface area contributed by atoms with Crippen LogP contribution in [0.2, 0.25) is 0 Å². The van der Waals surface area contributed by atoms with Crippen LogP contribution in [0.4, 0.5) is 0 Å². The third-order valence-corrected chi connectivity index (χ3v) is 6.46. The van der Waals surface area contributed by atoms with Gasteiger partial charge in [-0.25, -0.2) is 0 Å². The summed E-state index contributed by atoms with van der Waals surface area (Å²) in [5.74, 6) is 0.0818. The monoisotopic (exact) mass is 386 g/mol. The zero-order chi connectivity index (χ0) is 19.3. The molecule has 2 rings (SSSR count). The number of ketones is 1. The molecule has 1 aromatic carbocycles. The molecule has 146 valence electrons. The average Bonchev–Trinajstić information content (AvgIpc) is 2.67. The zero-order valence-electron chi connectivity index (χ0n) is 15.8. The highest BCUT2D eigenvalue weighted by Crippen LogP contribution is 2.47. The smallest absolute Gasteiger partial charge is 0.337 e. The summed E-state index contributed by atoms with van der Waals surface area (Å²) >= 11 is 0. The molecule has 7 nitrogen and oxygen atoms in total. The van der Waals surface area contributed by atoms with Crippen LogP contribution in [-0.4, -0.2) is 46.0 Å². The number of Topliss-reactive ketones (excluding diaryl/α,β-unsaturated/α-hetero) is 1. The molecule has 0 saturated carbocycles. The molecule has 8 heteroatoms. The van der Waals surface area contributed by atoms with Gasteiger partial charge in [0.15, 0.2) is 6.29 Å².